The van der Waals surface area contributed by atoms with Crippen LogP contribution in [0.15, 0.2) is 42.6 Å². The number of morpholine rings is 1. The number of amides is 1. The van der Waals surface area contributed by atoms with Crippen molar-refractivity contribution in [3.63, 3.8) is 0 Å². The van der Waals surface area contributed by atoms with Crippen molar-refractivity contribution in [2.75, 3.05) is 31.6 Å². The highest BCUT2D eigenvalue weighted by Crippen LogP contribution is 2.43. The van der Waals surface area contributed by atoms with Crippen LogP contribution < -0.4 is 4.90 Å². The van der Waals surface area contributed by atoms with Crippen molar-refractivity contribution in [3.8, 4) is 0 Å². The molecule has 1 aromatic carbocycles. The number of aromatic nitrogens is 1. The van der Waals surface area contributed by atoms with Crippen molar-refractivity contribution in [1.29, 1.82) is 0 Å². The minimum absolute atomic E-state index is 0.0505. The summed E-state index contributed by atoms with van der Waals surface area (Å²) in [5.41, 5.74) is 4.23. The van der Waals surface area contributed by atoms with E-state index in [1.165, 1.54) is 11.3 Å². The number of aryl methyl sites for hydroxylation is 1. The predicted octanol–water partition coefficient (Wildman–Crippen LogP) is 2.66. The number of carbonyl (C=O) groups excluding carboxylic acids is 1. The summed E-state index contributed by atoms with van der Waals surface area (Å²) in [5, 5.41) is 0. The summed E-state index contributed by atoms with van der Waals surface area (Å²) < 4.78 is 6.10. The Morgan fingerprint density at radius 1 is 1.19 bits per heavy atom. The van der Waals surface area contributed by atoms with Crippen LogP contribution in [0.3, 0.4) is 0 Å². The minimum atomic E-state index is -0.400. The third-order valence-electron chi connectivity index (χ3n) is 6.10. The summed E-state index contributed by atoms with van der Waals surface area (Å²) in [6.07, 6.45) is 2.65. The lowest BCUT2D eigenvalue weighted by Gasteiger charge is -2.55. The smallest absolute Gasteiger partial charge is 0.249 e. The van der Waals surface area contributed by atoms with Gasteiger partial charge < -0.3 is 14.5 Å². The topological polar surface area (TPSA) is 45.7 Å². The quantitative estimate of drug-likeness (QED) is 0.834. The number of ether oxygens (including phenoxy) is 1. The van der Waals surface area contributed by atoms with E-state index in [1.54, 1.807) is 0 Å². The van der Waals surface area contributed by atoms with Gasteiger partial charge in [0, 0.05) is 37.7 Å². The number of hydrogen-bond donors (Lipinski definition) is 0. The molecule has 5 nitrogen and oxygen atoms in total. The molecule has 2 fully saturated rings. The first-order chi connectivity index (χ1) is 12.5. The van der Waals surface area contributed by atoms with Crippen LogP contribution in [-0.2, 0) is 15.1 Å². The second-order valence-electron chi connectivity index (χ2n) is 7.28. The van der Waals surface area contributed by atoms with E-state index in [2.05, 4.69) is 35.0 Å². The highest BCUT2D eigenvalue weighted by molar-refractivity contribution is 5.79. The van der Waals surface area contributed by atoms with Gasteiger partial charge in [0.15, 0.2) is 0 Å². The van der Waals surface area contributed by atoms with E-state index in [4.69, 9.17) is 4.74 Å². The van der Waals surface area contributed by atoms with Gasteiger partial charge in [-0.15, -0.1) is 0 Å². The van der Waals surface area contributed by atoms with Crippen LogP contribution in [0.4, 0.5) is 5.69 Å². The van der Waals surface area contributed by atoms with E-state index in [0.29, 0.717) is 0 Å². The Labute approximate surface area is 154 Å². The second-order valence-corrected chi connectivity index (χ2v) is 7.28. The molecule has 2 aromatic rings. The molecule has 0 bridgehead atoms. The van der Waals surface area contributed by atoms with Gasteiger partial charge in [-0.25, -0.2) is 0 Å². The van der Waals surface area contributed by atoms with Gasteiger partial charge in [-0.2, -0.15) is 0 Å². The van der Waals surface area contributed by atoms with Crippen LogP contribution in [0, 0.1) is 13.8 Å². The molecule has 4 rings (SSSR count). The van der Waals surface area contributed by atoms with E-state index in [9.17, 15) is 4.79 Å². The molecule has 0 aliphatic carbocycles. The van der Waals surface area contributed by atoms with E-state index in [0.717, 1.165) is 30.8 Å². The van der Waals surface area contributed by atoms with Crippen molar-refractivity contribution in [3.05, 3.63) is 59.4 Å². The van der Waals surface area contributed by atoms with Gasteiger partial charge in [-0.3, -0.25) is 9.78 Å². The molecule has 26 heavy (non-hydrogen) atoms. The van der Waals surface area contributed by atoms with Crippen LogP contribution in [-0.4, -0.2) is 48.6 Å². The van der Waals surface area contributed by atoms with Crippen LogP contribution in [0.5, 0.6) is 0 Å². The maximum Gasteiger partial charge on any atom is 0.249 e. The average Bonchev–Trinajstić information content (AvgIpc) is 2.67. The maximum absolute atomic E-state index is 12.5. The Morgan fingerprint density at radius 3 is 2.73 bits per heavy atom. The number of nitrogens with zero attached hydrogens (tertiary/aromatic N) is 3. The predicted molar refractivity (Wildman–Crippen MR) is 101 cm³/mol. The molecule has 0 radical (unpaired) electrons. The van der Waals surface area contributed by atoms with Crippen molar-refractivity contribution in [1.82, 2.24) is 9.88 Å². The summed E-state index contributed by atoms with van der Waals surface area (Å²) in [6, 6.07) is 12.4. The summed E-state index contributed by atoms with van der Waals surface area (Å²) in [5.74, 6) is 0.0505. The Kier molecular flexibility index (Phi) is 4.19. The number of anilines is 1. The molecular formula is C21H25N3O2. The molecule has 0 N–H and O–H groups in total. The number of pyridine rings is 1. The lowest BCUT2D eigenvalue weighted by atomic mass is 9.76. The zero-order valence-corrected chi connectivity index (χ0v) is 15.6. The van der Waals surface area contributed by atoms with Gasteiger partial charge in [0.25, 0.3) is 0 Å². The first-order valence-corrected chi connectivity index (χ1v) is 9.15. The standard InChI is InChI=1S/C21H25N3O2/c1-15-16(2)22-11-9-18(15)24-12-10-21(17-7-5-4-6-8-17)19(13-24)26-14-20(25)23(21)3/h4-9,11,19H,10,12-14H2,1-3H3/t19-,21+/m1/s1. The number of fused-ring (bicyclic) bond motifs is 1. The Bertz CT molecular complexity index is 823. The fraction of sp³-hybridized carbons (Fsp3) is 0.429. The Hall–Kier alpha value is -2.40. The molecule has 0 unspecified atom stereocenters. The highest BCUT2D eigenvalue weighted by Gasteiger charge is 2.52. The molecule has 1 amide bonds. The van der Waals surface area contributed by atoms with Gasteiger partial charge in [0.05, 0.1) is 5.54 Å². The third-order valence-corrected chi connectivity index (χ3v) is 6.10. The van der Waals surface area contributed by atoms with Crippen LogP contribution >= 0.6 is 0 Å². The van der Waals surface area contributed by atoms with Gasteiger partial charge in [0.1, 0.15) is 12.7 Å². The van der Waals surface area contributed by atoms with Gasteiger partial charge in [-0.05, 0) is 37.5 Å². The molecule has 136 valence electrons. The van der Waals surface area contributed by atoms with E-state index < -0.39 is 5.54 Å². The minimum Gasteiger partial charge on any atom is -0.368 e. The molecule has 3 heterocycles. The van der Waals surface area contributed by atoms with Crippen molar-refractivity contribution >= 4 is 11.6 Å². The number of rotatable bonds is 2. The Balaban J connectivity index is 1.72. The van der Waals surface area contributed by atoms with Crippen LogP contribution in [0.2, 0.25) is 0 Å². The molecule has 0 spiro atoms. The SMILES string of the molecule is Cc1nccc(N2CC[C@]3(c4ccccc4)[C@@H](C2)OCC(=O)N3C)c1C. The molecule has 0 saturated carbocycles. The summed E-state index contributed by atoms with van der Waals surface area (Å²) in [4.78, 5) is 21.1. The van der Waals surface area contributed by atoms with Crippen molar-refractivity contribution in [2.45, 2.75) is 31.9 Å². The van der Waals surface area contributed by atoms with Crippen molar-refractivity contribution in [2.24, 2.45) is 0 Å². The molecule has 1 aromatic heterocycles. The number of hydrogen-bond acceptors (Lipinski definition) is 4. The number of carbonyl (C=O) groups is 1. The van der Waals surface area contributed by atoms with E-state index >= 15 is 0 Å². The van der Waals surface area contributed by atoms with Gasteiger partial charge in [-0.1, -0.05) is 30.3 Å². The lowest BCUT2D eigenvalue weighted by Crippen LogP contribution is -2.67. The first-order valence-electron chi connectivity index (χ1n) is 9.15. The number of benzene rings is 1. The van der Waals surface area contributed by atoms with Crippen LogP contribution in [0.1, 0.15) is 23.2 Å². The molecule has 2 aliphatic rings. The third kappa shape index (κ3) is 2.50. The number of likely N-dealkylation sites (N-methyl/N-ethyl adjacent to an activating group) is 1. The lowest BCUT2D eigenvalue weighted by molar-refractivity contribution is -0.173. The molecule has 2 saturated heterocycles. The summed E-state index contributed by atoms with van der Waals surface area (Å²) in [6.45, 7) is 5.94. The molecule has 2 aliphatic heterocycles. The molecular weight excluding hydrogens is 326 g/mol. The summed E-state index contributed by atoms with van der Waals surface area (Å²) in [7, 11) is 1.92. The normalized spacial score (nSPS) is 26.0. The molecule has 2 atom stereocenters. The fourth-order valence-electron chi connectivity index (χ4n) is 4.41. The molecule has 5 heteroatoms. The Morgan fingerprint density at radius 2 is 1.96 bits per heavy atom. The number of piperidine rings is 1. The second kappa shape index (κ2) is 6.40. The van der Waals surface area contributed by atoms with E-state index in [-0.39, 0.29) is 18.6 Å². The summed E-state index contributed by atoms with van der Waals surface area (Å²) >= 11 is 0. The van der Waals surface area contributed by atoms with Gasteiger partial charge in [0.2, 0.25) is 5.91 Å². The van der Waals surface area contributed by atoms with E-state index in [1.807, 2.05) is 43.3 Å². The monoisotopic (exact) mass is 351 g/mol. The first kappa shape index (κ1) is 17.0. The zero-order valence-electron chi connectivity index (χ0n) is 15.6. The van der Waals surface area contributed by atoms with Crippen LogP contribution in [0.25, 0.3) is 0 Å². The average molecular weight is 351 g/mol. The van der Waals surface area contributed by atoms with Crippen molar-refractivity contribution < 1.29 is 9.53 Å². The maximum atomic E-state index is 12.5. The van der Waals surface area contributed by atoms with Gasteiger partial charge >= 0.3 is 0 Å². The largest absolute Gasteiger partial charge is 0.368 e. The highest BCUT2D eigenvalue weighted by atomic mass is 16.5. The fourth-order valence-corrected chi connectivity index (χ4v) is 4.41. The zero-order chi connectivity index (χ0) is 18.3.